The Morgan fingerprint density at radius 3 is 2.62 bits per heavy atom. The van der Waals surface area contributed by atoms with Crippen LogP contribution in [0.2, 0.25) is 0 Å². The van der Waals surface area contributed by atoms with E-state index in [0.29, 0.717) is 0 Å². The van der Waals surface area contributed by atoms with E-state index in [-0.39, 0.29) is 0 Å². The Morgan fingerprint density at radius 1 is 1.31 bits per heavy atom. The van der Waals surface area contributed by atoms with Gasteiger partial charge in [0.15, 0.2) is 0 Å². The van der Waals surface area contributed by atoms with Crippen LogP contribution in [0.3, 0.4) is 0 Å². The Balaban J connectivity index is 2.52. The molecule has 3 heteroatoms. The first-order valence-electron chi connectivity index (χ1n) is 4.71. The molecule has 0 aliphatic heterocycles. The highest BCUT2D eigenvalue weighted by Gasteiger charge is 2.06. The molecule has 1 aromatic heterocycles. The second-order valence-corrected chi connectivity index (χ2v) is 6.07. The van der Waals surface area contributed by atoms with Crippen LogP contribution < -0.4 is 0 Å². The molecule has 0 aliphatic rings. The summed E-state index contributed by atoms with van der Waals surface area (Å²) < 4.78 is 0. The van der Waals surface area contributed by atoms with Gasteiger partial charge in [-0.2, -0.15) is 0 Å². The van der Waals surface area contributed by atoms with E-state index < -0.39 is 0 Å². The van der Waals surface area contributed by atoms with Gasteiger partial charge in [-0.3, -0.25) is 0 Å². The zero-order chi connectivity index (χ0) is 12.0. The molecule has 0 N–H and O–H groups in total. The topological polar surface area (TPSA) is 0 Å². The molecule has 1 aromatic rings. The fourth-order valence-electron chi connectivity index (χ4n) is 0.909. The fourth-order valence-corrected chi connectivity index (χ4v) is 3.05. The molecule has 0 spiro atoms. The molecule has 0 aliphatic carbocycles. The van der Waals surface area contributed by atoms with Gasteiger partial charge in [-0.1, -0.05) is 55.4 Å². The normalized spacial score (nSPS) is 10.6. The Morgan fingerprint density at radius 2 is 2.06 bits per heavy atom. The smallest absolute Gasteiger partial charge is 0.0403 e. The molecular weight excluding hydrogens is 252 g/mol. The summed E-state index contributed by atoms with van der Waals surface area (Å²) in [6, 6.07) is 4.09. The molecule has 0 radical (unpaired) electrons. The molecule has 84 valence electrons. The Kier molecular flexibility index (Phi) is 5.74. The van der Waals surface area contributed by atoms with Crippen molar-refractivity contribution in [3.05, 3.63) is 63.4 Å². The Hall–Kier alpha value is -0.640. The summed E-state index contributed by atoms with van der Waals surface area (Å²) in [6.07, 6.45) is 1.99. The lowest BCUT2D eigenvalue weighted by molar-refractivity contribution is 1.79. The monoisotopic (exact) mass is 266 g/mol. The lowest BCUT2D eigenvalue weighted by Gasteiger charge is -2.07. The SMILES string of the molecule is C=C(S/C=C\C)C(=C)SC(=C)c1cccs1. The van der Waals surface area contributed by atoms with Crippen molar-refractivity contribution in [2.75, 3.05) is 0 Å². The van der Waals surface area contributed by atoms with Crippen molar-refractivity contribution in [1.82, 2.24) is 0 Å². The highest BCUT2D eigenvalue weighted by Crippen LogP contribution is 2.39. The largest absolute Gasteiger partial charge is 0.143 e. The van der Waals surface area contributed by atoms with E-state index in [2.05, 4.69) is 25.8 Å². The third kappa shape index (κ3) is 4.08. The van der Waals surface area contributed by atoms with Gasteiger partial charge in [0, 0.05) is 19.6 Å². The van der Waals surface area contributed by atoms with E-state index in [9.17, 15) is 0 Å². The number of hydrogen-bond donors (Lipinski definition) is 0. The van der Waals surface area contributed by atoms with Gasteiger partial charge in [0.05, 0.1) is 0 Å². The molecule has 0 aromatic carbocycles. The second-order valence-electron chi connectivity index (χ2n) is 2.94. The molecule has 0 atom stereocenters. The van der Waals surface area contributed by atoms with Crippen molar-refractivity contribution < 1.29 is 0 Å². The fraction of sp³-hybridized carbons (Fsp3) is 0.0769. The van der Waals surface area contributed by atoms with Crippen LogP contribution in [0.25, 0.3) is 4.91 Å². The van der Waals surface area contributed by atoms with Gasteiger partial charge < -0.3 is 0 Å². The van der Waals surface area contributed by atoms with E-state index in [4.69, 9.17) is 0 Å². The quantitative estimate of drug-likeness (QED) is 0.602. The average Bonchev–Trinajstić information content (AvgIpc) is 2.79. The summed E-state index contributed by atoms with van der Waals surface area (Å²) in [7, 11) is 0. The van der Waals surface area contributed by atoms with Crippen LogP contribution in [0.1, 0.15) is 11.8 Å². The standard InChI is InChI=1S/C13H14S3/c1-5-8-14-10(2)11(3)16-12(4)13-7-6-9-15-13/h5-9H,2-4H2,1H3/b8-5-. The van der Waals surface area contributed by atoms with Gasteiger partial charge in [-0.05, 0) is 23.8 Å². The highest BCUT2D eigenvalue weighted by molar-refractivity contribution is 8.14. The molecular formula is C13H14S3. The first kappa shape index (κ1) is 13.4. The van der Waals surface area contributed by atoms with Crippen molar-refractivity contribution in [2.24, 2.45) is 0 Å². The number of rotatable bonds is 6. The van der Waals surface area contributed by atoms with E-state index in [1.165, 1.54) is 4.88 Å². The number of hydrogen-bond acceptors (Lipinski definition) is 3. The third-order valence-electron chi connectivity index (χ3n) is 1.70. The van der Waals surface area contributed by atoms with Gasteiger partial charge in [0.2, 0.25) is 0 Å². The van der Waals surface area contributed by atoms with Crippen molar-refractivity contribution in [1.29, 1.82) is 0 Å². The number of allylic oxidation sites excluding steroid dienone is 1. The zero-order valence-electron chi connectivity index (χ0n) is 9.23. The highest BCUT2D eigenvalue weighted by atomic mass is 32.2. The number of thioether (sulfide) groups is 2. The van der Waals surface area contributed by atoms with Gasteiger partial charge >= 0.3 is 0 Å². The molecule has 0 saturated carbocycles. The maximum Gasteiger partial charge on any atom is 0.0403 e. The molecule has 0 amide bonds. The summed E-state index contributed by atoms with van der Waals surface area (Å²) in [4.78, 5) is 4.15. The predicted molar refractivity (Wildman–Crippen MR) is 81.6 cm³/mol. The maximum absolute atomic E-state index is 4.04. The molecule has 0 saturated heterocycles. The summed E-state index contributed by atoms with van der Waals surface area (Å²) in [5.74, 6) is 0. The van der Waals surface area contributed by atoms with Gasteiger partial charge in [0.25, 0.3) is 0 Å². The summed E-state index contributed by atoms with van der Waals surface area (Å²) >= 11 is 4.86. The van der Waals surface area contributed by atoms with E-state index >= 15 is 0 Å². The minimum absolute atomic E-state index is 0.960. The lowest BCUT2D eigenvalue weighted by atomic mass is 10.5. The van der Waals surface area contributed by atoms with Crippen molar-refractivity contribution in [3.63, 3.8) is 0 Å². The predicted octanol–water partition coefficient (Wildman–Crippen LogP) is 5.75. The van der Waals surface area contributed by atoms with Crippen molar-refractivity contribution >= 4 is 39.8 Å². The van der Waals surface area contributed by atoms with Crippen molar-refractivity contribution in [2.45, 2.75) is 6.92 Å². The Labute approximate surface area is 110 Å². The van der Waals surface area contributed by atoms with Gasteiger partial charge in [-0.15, -0.1) is 11.3 Å². The van der Waals surface area contributed by atoms with E-state index in [1.54, 1.807) is 34.9 Å². The molecule has 16 heavy (non-hydrogen) atoms. The van der Waals surface area contributed by atoms with Crippen LogP contribution in [0, 0.1) is 0 Å². The minimum Gasteiger partial charge on any atom is -0.143 e. The minimum atomic E-state index is 0.960. The molecule has 0 unspecified atom stereocenters. The molecule has 0 bridgehead atoms. The Bertz CT molecular complexity index is 410. The molecule has 0 fully saturated rings. The second kappa shape index (κ2) is 6.84. The maximum atomic E-state index is 4.04. The van der Waals surface area contributed by atoms with Crippen LogP contribution in [-0.4, -0.2) is 0 Å². The van der Waals surface area contributed by atoms with Crippen LogP contribution in [0.15, 0.2) is 58.5 Å². The molecule has 1 heterocycles. The molecule has 1 rings (SSSR count). The van der Waals surface area contributed by atoms with Crippen LogP contribution >= 0.6 is 34.9 Å². The van der Waals surface area contributed by atoms with Crippen LogP contribution in [-0.2, 0) is 0 Å². The third-order valence-corrected chi connectivity index (χ3v) is 4.79. The van der Waals surface area contributed by atoms with Crippen molar-refractivity contribution in [3.8, 4) is 0 Å². The average molecular weight is 266 g/mol. The number of thiophene rings is 1. The van der Waals surface area contributed by atoms with Gasteiger partial charge in [-0.25, -0.2) is 0 Å². The molecule has 0 nitrogen and oxygen atoms in total. The van der Waals surface area contributed by atoms with Crippen LogP contribution in [0.5, 0.6) is 0 Å². The van der Waals surface area contributed by atoms with Gasteiger partial charge in [0.1, 0.15) is 0 Å². The zero-order valence-corrected chi connectivity index (χ0v) is 11.7. The summed E-state index contributed by atoms with van der Waals surface area (Å²) in [6.45, 7) is 14.0. The lowest BCUT2D eigenvalue weighted by Crippen LogP contribution is -1.76. The van der Waals surface area contributed by atoms with E-state index in [1.807, 2.05) is 29.9 Å². The van der Waals surface area contributed by atoms with Crippen LogP contribution in [0.4, 0.5) is 0 Å². The summed E-state index contributed by atoms with van der Waals surface area (Å²) in [5.41, 5.74) is 0. The van der Waals surface area contributed by atoms with E-state index in [0.717, 1.165) is 14.7 Å². The first-order valence-corrected chi connectivity index (χ1v) is 7.29. The summed E-state index contributed by atoms with van der Waals surface area (Å²) in [5, 5.41) is 4.05. The first-order chi connectivity index (χ1) is 7.65.